The highest BCUT2D eigenvalue weighted by Crippen LogP contribution is 2.28. The molecule has 0 fully saturated rings. The van der Waals surface area contributed by atoms with Crippen LogP contribution in [0.4, 0.5) is 5.69 Å². The molecule has 1 aromatic carbocycles. The molecule has 0 spiro atoms. The van der Waals surface area contributed by atoms with E-state index in [0.29, 0.717) is 40.4 Å². The summed E-state index contributed by atoms with van der Waals surface area (Å²) in [5.41, 5.74) is 7.77. The third-order valence-electron chi connectivity index (χ3n) is 4.50. The molecule has 26 heavy (non-hydrogen) atoms. The molecule has 0 saturated carbocycles. The van der Waals surface area contributed by atoms with Gasteiger partial charge in [-0.1, -0.05) is 0 Å². The quantitative estimate of drug-likeness (QED) is 0.617. The number of primary amides is 1. The summed E-state index contributed by atoms with van der Waals surface area (Å²) in [5, 5.41) is 3.24. The Labute approximate surface area is 149 Å². The van der Waals surface area contributed by atoms with E-state index in [9.17, 15) is 9.59 Å². The Morgan fingerprint density at radius 1 is 1.38 bits per heavy atom. The third-order valence-corrected chi connectivity index (χ3v) is 4.50. The van der Waals surface area contributed by atoms with Gasteiger partial charge in [0.2, 0.25) is 0 Å². The van der Waals surface area contributed by atoms with E-state index in [4.69, 9.17) is 10.5 Å². The number of fused-ring (bicyclic) bond motifs is 3. The highest BCUT2D eigenvalue weighted by Gasteiger charge is 2.19. The van der Waals surface area contributed by atoms with Gasteiger partial charge in [-0.15, -0.1) is 0 Å². The number of anilines is 1. The Morgan fingerprint density at radius 3 is 3.04 bits per heavy atom. The molecule has 3 heterocycles. The zero-order chi connectivity index (χ0) is 18.3. The molecular formula is C18H19N5O3. The second-order valence-electron chi connectivity index (χ2n) is 6.36. The van der Waals surface area contributed by atoms with Crippen LogP contribution in [0.15, 0.2) is 35.3 Å². The van der Waals surface area contributed by atoms with E-state index in [1.165, 1.54) is 4.57 Å². The summed E-state index contributed by atoms with van der Waals surface area (Å²) in [6, 6.07) is 6.81. The van der Waals surface area contributed by atoms with Crippen LogP contribution in [0.25, 0.3) is 16.9 Å². The van der Waals surface area contributed by atoms with E-state index in [-0.39, 0.29) is 11.8 Å². The summed E-state index contributed by atoms with van der Waals surface area (Å²) in [7, 11) is 0. The monoisotopic (exact) mass is 353 g/mol. The molecule has 2 bridgehead atoms. The van der Waals surface area contributed by atoms with Crippen LogP contribution in [0, 0.1) is 0 Å². The Bertz CT molecular complexity index is 1050. The van der Waals surface area contributed by atoms with Gasteiger partial charge in [0, 0.05) is 24.5 Å². The van der Waals surface area contributed by atoms with Crippen LogP contribution in [0.5, 0.6) is 5.75 Å². The molecule has 4 N–H and O–H groups in total. The van der Waals surface area contributed by atoms with Crippen molar-refractivity contribution in [2.24, 2.45) is 5.73 Å². The molecule has 1 amide bonds. The van der Waals surface area contributed by atoms with Crippen molar-refractivity contribution in [3.8, 4) is 11.4 Å². The highest BCUT2D eigenvalue weighted by atomic mass is 16.5. The van der Waals surface area contributed by atoms with Gasteiger partial charge in [-0.2, -0.15) is 0 Å². The molecular weight excluding hydrogens is 334 g/mol. The van der Waals surface area contributed by atoms with Gasteiger partial charge in [-0.3, -0.25) is 14.3 Å². The summed E-state index contributed by atoms with van der Waals surface area (Å²) < 4.78 is 7.57. The predicted molar refractivity (Wildman–Crippen MR) is 98.0 cm³/mol. The summed E-state index contributed by atoms with van der Waals surface area (Å²) in [6.45, 7) is 2.65. The minimum atomic E-state index is -0.517. The molecule has 1 aliphatic rings. The van der Waals surface area contributed by atoms with E-state index in [1.807, 2.05) is 6.92 Å². The van der Waals surface area contributed by atoms with Crippen LogP contribution in [-0.4, -0.2) is 33.1 Å². The first kappa shape index (κ1) is 16.2. The fraction of sp³-hybridized carbons (Fsp3) is 0.278. The first-order valence-corrected chi connectivity index (χ1v) is 8.49. The number of ether oxygens (including phenoxy) is 1. The van der Waals surface area contributed by atoms with Gasteiger partial charge in [0.15, 0.2) is 5.65 Å². The largest absolute Gasteiger partial charge is 0.488 e. The number of carbonyl (C=O) groups is 1. The lowest BCUT2D eigenvalue weighted by molar-refractivity contribution is 0.100. The smallest absolute Gasteiger partial charge is 0.332 e. The van der Waals surface area contributed by atoms with Crippen molar-refractivity contribution < 1.29 is 9.53 Å². The number of aromatic amines is 1. The number of pyridine rings is 1. The Kier molecular flexibility index (Phi) is 3.87. The van der Waals surface area contributed by atoms with Crippen molar-refractivity contribution in [2.45, 2.75) is 25.9 Å². The fourth-order valence-electron chi connectivity index (χ4n) is 3.26. The lowest BCUT2D eigenvalue weighted by atomic mass is 10.1. The van der Waals surface area contributed by atoms with Gasteiger partial charge in [-0.05, 0) is 38.0 Å². The van der Waals surface area contributed by atoms with Gasteiger partial charge >= 0.3 is 5.69 Å². The summed E-state index contributed by atoms with van der Waals surface area (Å²) in [5.74, 6) is 0.0754. The molecule has 1 unspecified atom stereocenters. The van der Waals surface area contributed by atoms with Crippen molar-refractivity contribution >= 4 is 22.8 Å². The number of hydrogen-bond acceptors (Lipinski definition) is 5. The third kappa shape index (κ3) is 2.69. The van der Waals surface area contributed by atoms with Gasteiger partial charge in [0.1, 0.15) is 11.3 Å². The Morgan fingerprint density at radius 2 is 2.23 bits per heavy atom. The number of aromatic nitrogens is 3. The van der Waals surface area contributed by atoms with Crippen LogP contribution >= 0.6 is 0 Å². The molecule has 2 aromatic heterocycles. The minimum Gasteiger partial charge on any atom is -0.488 e. The molecule has 4 rings (SSSR count). The average molecular weight is 353 g/mol. The average Bonchev–Trinajstić information content (AvgIpc) is 2.94. The number of hydrogen-bond donors (Lipinski definition) is 3. The normalized spacial score (nSPS) is 16.9. The number of rotatable bonds is 1. The minimum absolute atomic E-state index is 0.0331. The van der Waals surface area contributed by atoms with Crippen molar-refractivity contribution in [2.75, 3.05) is 11.9 Å². The van der Waals surface area contributed by atoms with E-state index < -0.39 is 5.91 Å². The molecule has 3 aromatic rings. The van der Waals surface area contributed by atoms with E-state index in [0.717, 1.165) is 12.8 Å². The van der Waals surface area contributed by atoms with Crippen molar-refractivity contribution in [3.05, 3.63) is 46.5 Å². The first-order chi connectivity index (χ1) is 12.5. The van der Waals surface area contributed by atoms with Crippen LogP contribution in [0.1, 0.15) is 30.1 Å². The first-order valence-electron chi connectivity index (χ1n) is 8.49. The van der Waals surface area contributed by atoms with Gasteiger partial charge in [-0.25, -0.2) is 9.78 Å². The van der Waals surface area contributed by atoms with Gasteiger partial charge in [0.05, 0.1) is 17.4 Å². The molecule has 1 atom stereocenters. The number of nitrogens with two attached hydrogens (primary N) is 1. The Balaban J connectivity index is 2.01. The molecule has 8 heteroatoms. The van der Waals surface area contributed by atoms with Crippen molar-refractivity contribution in [1.29, 1.82) is 0 Å². The second kappa shape index (κ2) is 6.21. The summed E-state index contributed by atoms with van der Waals surface area (Å²) in [4.78, 5) is 31.3. The fourth-order valence-corrected chi connectivity index (χ4v) is 3.26. The zero-order valence-electron chi connectivity index (χ0n) is 14.3. The van der Waals surface area contributed by atoms with E-state index in [1.54, 1.807) is 30.5 Å². The topological polar surface area (TPSA) is 115 Å². The number of carbonyl (C=O) groups excluding carboxylic acids is 1. The SMILES string of the molecule is CC1CCCNc2cc(ccc2C(N)=O)-n2c(=O)[nH]c3nccc(c32)O1. The van der Waals surface area contributed by atoms with Crippen LogP contribution in [0.3, 0.4) is 0 Å². The van der Waals surface area contributed by atoms with Crippen molar-refractivity contribution in [1.82, 2.24) is 14.5 Å². The number of amides is 1. The summed E-state index contributed by atoms with van der Waals surface area (Å²) >= 11 is 0. The second-order valence-corrected chi connectivity index (χ2v) is 6.36. The molecule has 0 saturated heterocycles. The van der Waals surface area contributed by atoms with Crippen LogP contribution in [0.2, 0.25) is 0 Å². The standard InChI is InChI=1S/C18H19N5O3/c1-10-3-2-7-20-13-9-11(4-5-12(13)16(19)24)23-15-14(26-10)6-8-21-17(15)22-18(23)25/h4-6,8-10,20H,2-3,7H2,1H3,(H2,19,24)(H,21,22,25). The maximum Gasteiger partial charge on any atom is 0.332 e. The van der Waals surface area contributed by atoms with Crippen LogP contribution < -0.4 is 21.5 Å². The number of benzene rings is 1. The lowest BCUT2D eigenvalue weighted by Gasteiger charge is -2.19. The Hall–Kier alpha value is -3.29. The number of imidazole rings is 1. The van der Waals surface area contributed by atoms with Gasteiger partial charge in [0.25, 0.3) is 5.91 Å². The zero-order valence-corrected chi connectivity index (χ0v) is 14.3. The van der Waals surface area contributed by atoms with Crippen molar-refractivity contribution in [3.63, 3.8) is 0 Å². The number of H-pyrrole nitrogens is 1. The maximum absolute atomic E-state index is 12.6. The molecule has 1 aliphatic heterocycles. The number of nitrogens with zero attached hydrogens (tertiary/aromatic N) is 2. The van der Waals surface area contributed by atoms with Crippen LogP contribution in [-0.2, 0) is 0 Å². The predicted octanol–water partition coefficient (Wildman–Crippen LogP) is 1.79. The molecule has 8 nitrogen and oxygen atoms in total. The molecule has 134 valence electrons. The number of nitrogens with one attached hydrogen (secondary N) is 2. The van der Waals surface area contributed by atoms with E-state index >= 15 is 0 Å². The van der Waals surface area contributed by atoms with Gasteiger partial charge < -0.3 is 15.8 Å². The molecule has 0 radical (unpaired) electrons. The van der Waals surface area contributed by atoms with E-state index in [2.05, 4.69) is 15.3 Å². The maximum atomic E-state index is 12.6. The highest BCUT2D eigenvalue weighted by molar-refractivity contribution is 5.99. The lowest BCUT2D eigenvalue weighted by Crippen LogP contribution is -2.20. The molecule has 0 aliphatic carbocycles. The summed E-state index contributed by atoms with van der Waals surface area (Å²) in [6.07, 6.45) is 3.25.